The van der Waals surface area contributed by atoms with Crippen LogP contribution in [0.3, 0.4) is 0 Å². The molecule has 1 aromatic carbocycles. The molecule has 0 radical (unpaired) electrons. The highest BCUT2D eigenvalue weighted by atomic mass is 16.4. The fourth-order valence-electron chi connectivity index (χ4n) is 2.16. The van der Waals surface area contributed by atoms with Crippen molar-refractivity contribution in [2.75, 3.05) is 5.32 Å². The Hall–Kier alpha value is -2.37. The van der Waals surface area contributed by atoms with Crippen LogP contribution in [-0.4, -0.2) is 28.4 Å². The third-order valence-electron chi connectivity index (χ3n) is 3.04. The minimum atomic E-state index is -0.975. The number of rotatable bonds is 4. The van der Waals surface area contributed by atoms with Crippen LogP contribution in [0, 0.1) is 0 Å². The van der Waals surface area contributed by atoms with E-state index in [-0.39, 0.29) is 18.2 Å². The molecule has 1 heterocycles. The van der Waals surface area contributed by atoms with Crippen LogP contribution in [0.5, 0.6) is 0 Å². The first-order chi connectivity index (χ1) is 9.27. The quantitative estimate of drug-likeness (QED) is 0.769. The van der Waals surface area contributed by atoms with E-state index in [1.807, 2.05) is 0 Å². The van der Waals surface area contributed by atoms with Gasteiger partial charge in [-0.25, -0.2) is 0 Å². The fraction of sp³-hybridized carbons (Fsp3) is 0.357. The molecule has 2 rings (SSSR count). The van der Waals surface area contributed by atoms with Gasteiger partial charge in [0.05, 0.1) is 12.8 Å². The summed E-state index contributed by atoms with van der Waals surface area (Å²) < 4.78 is 0. The van der Waals surface area contributed by atoms with Crippen LogP contribution < -0.4 is 10.6 Å². The normalized spacial score (nSPS) is 13.6. The second-order valence-corrected chi connectivity index (χ2v) is 5.51. The summed E-state index contributed by atoms with van der Waals surface area (Å²) in [6, 6.07) is 4.96. The molecule has 20 heavy (non-hydrogen) atoms. The molecule has 0 unspecified atom stereocenters. The molecule has 0 bridgehead atoms. The maximum absolute atomic E-state index is 12.1. The average molecular weight is 276 g/mol. The number of benzene rings is 1. The van der Waals surface area contributed by atoms with E-state index in [2.05, 4.69) is 10.6 Å². The average Bonchev–Trinajstić information content (AvgIpc) is 2.64. The van der Waals surface area contributed by atoms with Gasteiger partial charge in [-0.1, -0.05) is 6.07 Å². The Morgan fingerprint density at radius 3 is 2.75 bits per heavy atom. The molecule has 0 fully saturated rings. The fourth-order valence-corrected chi connectivity index (χ4v) is 2.16. The molecule has 3 N–H and O–H groups in total. The van der Waals surface area contributed by atoms with Crippen LogP contribution in [0.15, 0.2) is 18.2 Å². The van der Waals surface area contributed by atoms with E-state index in [4.69, 9.17) is 5.11 Å². The Labute approximate surface area is 116 Å². The summed E-state index contributed by atoms with van der Waals surface area (Å²) in [7, 11) is 0. The third kappa shape index (κ3) is 3.14. The largest absolute Gasteiger partial charge is 0.481 e. The van der Waals surface area contributed by atoms with E-state index in [9.17, 15) is 14.4 Å². The zero-order valence-corrected chi connectivity index (χ0v) is 11.3. The molecule has 6 nitrogen and oxygen atoms in total. The molecule has 0 aliphatic carbocycles. The van der Waals surface area contributed by atoms with Gasteiger partial charge in [0.25, 0.3) is 5.91 Å². The second-order valence-electron chi connectivity index (χ2n) is 5.51. The lowest BCUT2D eigenvalue weighted by Crippen LogP contribution is -2.44. The highest BCUT2D eigenvalue weighted by molar-refractivity contribution is 6.02. The predicted octanol–water partition coefficient (Wildman–Crippen LogP) is 1.16. The van der Waals surface area contributed by atoms with E-state index < -0.39 is 11.5 Å². The topological polar surface area (TPSA) is 95.5 Å². The van der Waals surface area contributed by atoms with E-state index in [0.717, 1.165) is 5.56 Å². The third-order valence-corrected chi connectivity index (χ3v) is 3.04. The van der Waals surface area contributed by atoms with Crippen LogP contribution in [0.1, 0.15) is 36.2 Å². The number of anilines is 1. The summed E-state index contributed by atoms with van der Waals surface area (Å²) in [5.41, 5.74) is 1.05. The monoisotopic (exact) mass is 276 g/mol. The molecule has 6 heteroatoms. The van der Waals surface area contributed by atoms with Gasteiger partial charge < -0.3 is 15.7 Å². The summed E-state index contributed by atoms with van der Waals surface area (Å²) in [5, 5.41) is 14.1. The Morgan fingerprint density at radius 1 is 1.40 bits per heavy atom. The molecule has 0 saturated heterocycles. The minimum Gasteiger partial charge on any atom is -0.481 e. The van der Waals surface area contributed by atoms with Gasteiger partial charge in [-0.15, -0.1) is 0 Å². The number of amides is 2. The van der Waals surface area contributed by atoms with E-state index >= 15 is 0 Å². The summed E-state index contributed by atoms with van der Waals surface area (Å²) in [6.45, 7) is 3.29. The molecule has 0 atom stereocenters. The summed E-state index contributed by atoms with van der Waals surface area (Å²) >= 11 is 0. The SMILES string of the molecule is CC(C)(CC(=O)O)NC(=O)c1ccc2c(c1)NC(=O)C2. The molecule has 106 valence electrons. The summed E-state index contributed by atoms with van der Waals surface area (Å²) in [4.78, 5) is 34.1. The lowest BCUT2D eigenvalue weighted by molar-refractivity contribution is -0.138. The van der Waals surface area contributed by atoms with Crippen molar-refractivity contribution in [1.29, 1.82) is 0 Å². The van der Waals surface area contributed by atoms with Crippen LogP contribution in [0.4, 0.5) is 5.69 Å². The smallest absolute Gasteiger partial charge is 0.305 e. The molecule has 1 aromatic rings. The van der Waals surface area contributed by atoms with Crippen molar-refractivity contribution in [2.45, 2.75) is 32.2 Å². The van der Waals surface area contributed by atoms with Crippen molar-refractivity contribution >= 4 is 23.5 Å². The maximum Gasteiger partial charge on any atom is 0.305 e. The van der Waals surface area contributed by atoms with Gasteiger partial charge in [0, 0.05) is 16.8 Å². The second kappa shape index (κ2) is 4.96. The number of hydrogen-bond acceptors (Lipinski definition) is 3. The van der Waals surface area contributed by atoms with Gasteiger partial charge >= 0.3 is 5.97 Å². The minimum absolute atomic E-state index is 0.0937. The molecule has 1 aliphatic rings. The maximum atomic E-state index is 12.1. The molecule has 2 amide bonds. The Bertz CT molecular complexity index is 593. The van der Waals surface area contributed by atoms with E-state index in [1.165, 1.54) is 0 Å². The van der Waals surface area contributed by atoms with Gasteiger partial charge in [0.1, 0.15) is 0 Å². The number of aliphatic carboxylic acids is 1. The molecule has 1 aliphatic heterocycles. The first-order valence-corrected chi connectivity index (χ1v) is 6.24. The molecule has 0 aromatic heterocycles. The number of nitrogens with one attached hydrogen (secondary N) is 2. The zero-order valence-electron chi connectivity index (χ0n) is 11.3. The standard InChI is InChI=1S/C14H16N2O4/c1-14(2,7-12(18)19)16-13(20)9-4-3-8-6-11(17)15-10(8)5-9/h3-5H,6-7H2,1-2H3,(H,15,17)(H,16,20)(H,18,19). The number of carboxylic acid groups (broad SMARTS) is 1. The van der Waals surface area contributed by atoms with Crippen molar-refractivity contribution in [3.05, 3.63) is 29.3 Å². The Balaban J connectivity index is 2.13. The van der Waals surface area contributed by atoms with Crippen molar-refractivity contribution < 1.29 is 19.5 Å². The Kier molecular flexibility index (Phi) is 3.48. The van der Waals surface area contributed by atoms with Crippen molar-refractivity contribution in [2.24, 2.45) is 0 Å². The highest BCUT2D eigenvalue weighted by Gasteiger charge is 2.25. The van der Waals surface area contributed by atoms with Crippen LogP contribution >= 0.6 is 0 Å². The lowest BCUT2D eigenvalue weighted by atomic mass is 9.99. The van der Waals surface area contributed by atoms with E-state index in [0.29, 0.717) is 17.7 Å². The van der Waals surface area contributed by atoms with Gasteiger partial charge in [0.15, 0.2) is 0 Å². The first kappa shape index (κ1) is 14.0. The van der Waals surface area contributed by atoms with Crippen LogP contribution in [-0.2, 0) is 16.0 Å². The predicted molar refractivity (Wildman–Crippen MR) is 72.6 cm³/mol. The van der Waals surface area contributed by atoms with E-state index in [1.54, 1.807) is 32.0 Å². The Morgan fingerprint density at radius 2 is 2.10 bits per heavy atom. The number of carboxylic acids is 1. The summed E-state index contributed by atoms with van der Waals surface area (Å²) in [6.07, 6.45) is 0.155. The zero-order chi connectivity index (χ0) is 14.9. The molecule has 0 saturated carbocycles. The number of carbonyl (C=O) groups excluding carboxylic acids is 2. The van der Waals surface area contributed by atoms with Gasteiger partial charge in [0.2, 0.25) is 5.91 Å². The van der Waals surface area contributed by atoms with Crippen LogP contribution in [0.2, 0.25) is 0 Å². The number of carbonyl (C=O) groups is 3. The lowest BCUT2D eigenvalue weighted by Gasteiger charge is -2.24. The van der Waals surface area contributed by atoms with Crippen molar-refractivity contribution in [3.63, 3.8) is 0 Å². The van der Waals surface area contributed by atoms with Gasteiger partial charge in [-0.05, 0) is 31.5 Å². The first-order valence-electron chi connectivity index (χ1n) is 6.24. The number of hydrogen-bond donors (Lipinski definition) is 3. The summed E-state index contributed by atoms with van der Waals surface area (Å²) in [5.74, 6) is -1.43. The van der Waals surface area contributed by atoms with Crippen LogP contribution in [0.25, 0.3) is 0 Å². The molecular weight excluding hydrogens is 260 g/mol. The number of fused-ring (bicyclic) bond motifs is 1. The molecular formula is C14H16N2O4. The highest BCUT2D eigenvalue weighted by Crippen LogP contribution is 2.24. The van der Waals surface area contributed by atoms with Crippen molar-refractivity contribution in [3.8, 4) is 0 Å². The van der Waals surface area contributed by atoms with Crippen molar-refractivity contribution in [1.82, 2.24) is 5.32 Å². The van der Waals surface area contributed by atoms with Gasteiger partial charge in [-0.3, -0.25) is 14.4 Å². The van der Waals surface area contributed by atoms with Gasteiger partial charge in [-0.2, -0.15) is 0 Å². The molecule has 0 spiro atoms.